The monoisotopic (exact) mass is 379 g/mol. The Morgan fingerprint density at radius 2 is 1.93 bits per heavy atom. The number of anilines is 1. The summed E-state index contributed by atoms with van der Waals surface area (Å²) in [5, 5.41) is 2.74. The second-order valence-electron chi connectivity index (χ2n) is 6.38. The van der Waals surface area contributed by atoms with Crippen molar-refractivity contribution >= 4 is 17.5 Å². The molecule has 0 aliphatic rings. The van der Waals surface area contributed by atoms with Crippen molar-refractivity contribution in [2.24, 2.45) is 0 Å². The van der Waals surface area contributed by atoms with E-state index in [-0.39, 0.29) is 45.8 Å². The predicted octanol–water partition coefficient (Wildman–Crippen LogP) is 2.63. The zero-order valence-electron chi connectivity index (χ0n) is 15.3. The van der Waals surface area contributed by atoms with Crippen molar-refractivity contribution in [1.82, 2.24) is 20.3 Å². The first-order valence-corrected chi connectivity index (χ1v) is 8.55. The number of carbonyl (C=O) groups excluding carboxylic acids is 2. The van der Waals surface area contributed by atoms with E-state index < -0.39 is 11.6 Å². The molecule has 0 aliphatic carbocycles. The third-order valence-electron chi connectivity index (χ3n) is 3.86. The number of ketones is 1. The van der Waals surface area contributed by atoms with Gasteiger partial charge in [-0.25, -0.2) is 14.4 Å². The minimum atomic E-state index is -0.597. The second-order valence-corrected chi connectivity index (χ2v) is 6.38. The number of hydrogen-bond acceptors (Lipinski definition) is 6. The number of rotatable bonds is 5. The van der Waals surface area contributed by atoms with Crippen LogP contribution in [0.25, 0.3) is 11.3 Å². The van der Waals surface area contributed by atoms with Crippen molar-refractivity contribution in [3.63, 3.8) is 0 Å². The van der Waals surface area contributed by atoms with Gasteiger partial charge in [-0.2, -0.15) is 0 Å². The normalized spacial score (nSPS) is 10.7. The van der Waals surface area contributed by atoms with Gasteiger partial charge in [-0.05, 0) is 44.2 Å². The number of benzene rings is 1. The molecule has 0 bridgehead atoms. The summed E-state index contributed by atoms with van der Waals surface area (Å²) in [4.78, 5) is 36.9. The summed E-state index contributed by atoms with van der Waals surface area (Å²) in [6, 6.07) is 7.03. The number of pyridine rings is 1. The summed E-state index contributed by atoms with van der Waals surface area (Å²) in [5.74, 6) is -1.49. The predicted molar refractivity (Wildman–Crippen MR) is 102 cm³/mol. The Balaban J connectivity index is 2.03. The summed E-state index contributed by atoms with van der Waals surface area (Å²) in [5.41, 5.74) is 6.39. The van der Waals surface area contributed by atoms with Crippen molar-refractivity contribution in [1.29, 1.82) is 0 Å². The maximum absolute atomic E-state index is 14.4. The van der Waals surface area contributed by atoms with E-state index in [1.165, 1.54) is 36.8 Å². The van der Waals surface area contributed by atoms with Gasteiger partial charge in [0, 0.05) is 35.1 Å². The standard InChI is InChI=1S/C20H18FN5O2/c1-11(2)25-20(28)12-5-6-15(21)14(8-12)16-10-24-19(22)17(26-16)18(27)13-4-3-7-23-9-13/h3-11H,1-2H3,(H2,22,24)(H,25,28). The fourth-order valence-corrected chi connectivity index (χ4v) is 2.54. The summed E-state index contributed by atoms with van der Waals surface area (Å²) < 4.78 is 14.4. The summed E-state index contributed by atoms with van der Waals surface area (Å²) in [6.07, 6.45) is 4.18. The molecule has 2 aromatic heterocycles. The van der Waals surface area contributed by atoms with Gasteiger partial charge in [-0.15, -0.1) is 0 Å². The van der Waals surface area contributed by atoms with Gasteiger partial charge in [0.1, 0.15) is 5.82 Å². The first-order chi connectivity index (χ1) is 13.4. The average molecular weight is 379 g/mol. The molecule has 1 aromatic carbocycles. The van der Waals surface area contributed by atoms with E-state index in [0.29, 0.717) is 0 Å². The highest BCUT2D eigenvalue weighted by atomic mass is 19.1. The Kier molecular flexibility index (Phi) is 5.39. The quantitative estimate of drug-likeness (QED) is 0.659. The Labute approximate surface area is 160 Å². The fourth-order valence-electron chi connectivity index (χ4n) is 2.54. The Morgan fingerprint density at radius 1 is 1.14 bits per heavy atom. The highest BCUT2D eigenvalue weighted by molar-refractivity contribution is 6.10. The van der Waals surface area contributed by atoms with Crippen LogP contribution in [0.2, 0.25) is 0 Å². The fraction of sp³-hybridized carbons (Fsp3) is 0.150. The summed E-state index contributed by atoms with van der Waals surface area (Å²) in [6.45, 7) is 3.65. The van der Waals surface area contributed by atoms with Crippen molar-refractivity contribution < 1.29 is 14.0 Å². The van der Waals surface area contributed by atoms with Crippen LogP contribution in [-0.4, -0.2) is 32.7 Å². The lowest BCUT2D eigenvalue weighted by molar-refractivity contribution is 0.0942. The molecule has 28 heavy (non-hydrogen) atoms. The van der Waals surface area contributed by atoms with Crippen LogP contribution < -0.4 is 11.1 Å². The lowest BCUT2D eigenvalue weighted by Crippen LogP contribution is -2.30. The first-order valence-electron chi connectivity index (χ1n) is 8.55. The van der Waals surface area contributed by atoms with Gasteiger partial charge in [0.2, 0.25) is 5.78 Å². The van der Waals surface area contributed by atoms with Crippen molar-refractivity contribution in [2.75, 3.05) is 5.73 Å². The molecular weight excluding hydrogens is 361 g/mol. The highest BCUT2D eigenvalue weighted by Gasteiger charge is 2.19. The smallest absolute Gasteiger partial charge is 0.251 e. The van der Waals surface area contributed by atoms with Gasteiger partial charge >= 0.3 is 0 Å². The van der Waals surface area contributed by atoms with E-state index in [0.717, 1.165) is 0 Å². The second kappa shape index (κ2) is 7.91. The van der Waals surface area contributed by atoms with Crippen molar-refractivity contribution in [3.05, 3.63) is 71.6 Å². The van der Waals surface area contributed by atoms with Crippen LogP contribution in [0.1, 0.15) is 40.3 Å². The zero-order chi connectivity index (χ0) is 20.3. The topological polar surface area (TPSA) is 111 Å². The molecule has 0 saturated carbocycles. The van der Waals surface area contributed by atoms with Gasteiger partial charge in [0.05, 0.1) is 11.9 Å². The molecule has 0 aliphatic heterocycles. The minimum Gasteiger partial charge on any atom is -0.382 e. The molecule has 0 spiro atoms. The molecule has 7 nitrogen and oxygen atoms in total. The molecule has 142 valence electrons. The van der Waals surface area contributed by atoms with E-state index in [2.05, 4.69) is 20.3 Å². The molecule has 2 heterocycles. The Morgan fingerprint density at radius 3 is 2.61 bits per heavy atom. The van der Waals surface area contributed by atoms with Crippen LogP contribution in [0.3, 0.4) is 0 Å². The van der Waals surface area contributed by atoms with Crippen LogP contribution in [-0.2, 0) is 0 Å². The average Bonchev–Trinajstić information content (AvgIpc) is 2.68. The van der Waals surface area contributed by atoms with Crippen molar-refractivity contribution in [2.45, 2.75) is 19.9 Å². The molecule has 0 saturated heterocycles. The van der Waals surface area contributed by atoms with Crippen LogP contribution in [0.15, 0.2) is 48.9 Å². The Hall–Kier alpha value is -3.68. The van der Waals surface area contributed by atoms with E-state index >= 15 is 0 Å². The Bertz CT molecular complexity index is 1040. The zero-order valence-corrected chi connectivity index (χ0v) is 15.3. The SMILES string of the molecule is CC(C)NC(=O)c1ccc(F)c(-c2cnc(N)c(C(=O)c3cccnc3)n2)c1. The molecule has 1 amide bonds. The molecule has 8 heteroatoms. The van der Waals surface area contributed by atoms with Gasteiger partial charge in [-0.3, -0.25) is 14.6 Å². The van der Waals surface area contributed by atoms with Crippen molar-refractivity contribution in [3.8, 4) is 11.3 Å². The van der Waals surface area contributed by atoms with Crippen LogP contribution >= 0.6 is 0 Å². The molecule has 3 N–H and O–H groups in total. The van der Waals surface area contributed by atoms with Gasteiger partial charge in [-0.1, -0.05) is 0 Å². The molecule has 0 unspecified atom stereocenters. The van der Waals surface area contributed by atoms with Crippen LogP contribution in [0, 0.1) is 5.82 Å². The van der Waals surface area contributed by atoms with Crippen LogP contribution in [0.4, 0.5) is 10.2 Å². The lowest BCUT2D eigenvalue weighted by Gasteiger charge is -2.11. The third kappa shape index (κ3) is 4.01. The van der Waals surface area contributed by atoms with E-state index in [1.807, 2.05) is 13.8 Å². The highest BCUT2D eigenvalue weighted by Crippen LogP contribution is 2.24. The van der Waals surface area contributed by atoms with E-state index in [1.54, 1.807) is 12.1 Å². The molecule has 0 fully saturated rings. The number of halogens is 1. The number of nitrogens with zero attached hydrogens (tertiary/aromatic N) is 3. The third-order valence-corrected chi connectivity index (χ3v) is 3.86. The molecule has 0 atom stereocenters. The lowest BCUT2D eigenvalue weighted by atomic mass is 10.1. The maximum Gasteiger partial charge on any atom is 0.251 e. The summed E-state index contributed by atoms with van der Waals surface area (Å²) in [7, 11) is 0. The summed E-state index contributed by atoms with van der Waals surface area (Å²) >= 11 is 0. The number of nitrogens with one attached hydrogen (secondary N) is 1. The molecule has 3 aromatic rings. The molecule has 3 rings (SSSR count). The number of nitrogen functional groups attached to an aromatic ring is 1. The number of nitrogens with two attached hydrogens (primary N) is 1. The van der Waals surface area contributed by atoms with Crippen LogP contribution in [0.5, 0.6) is 0 Å². The van der Waals surface area contributed by atoms with Gasteiger partial charge in [0.25, 0.3) is 5.91 Å². The number of amides is 1. The van der Waals surface area contributed by atoms with E-state index in [9.17, 15) is 14.0 Å². The first kappa shape index (κ1) is 19.1. The largest absolute Gasteiger partial charge is 0.382 e. The molecule has 0 radical (unpaired) electrons. The maximum atomic E-state index is 14.4. The van der Waals surface area contributed by atoms with Gasteiger partial charge in [0.15, 0.2) is 11.5 Å². The number of carbonyl (C=O) groups is 2. The number of aromatic nitrogens is 3. The number of hydrogen-bond donors (Lipinski definition) is 2. The molecular formula is C20H18FN5O2. The minimum absolute atomic E-state index is 0.0455. The van der Waals surface area contributed by atoms with E-state index in [4.69, 9.17) is 5.73 Å². The van der Waals surface area contributed by atoms with Gasteiger partial charge < -0.3 is 11.1 Å².